The van der Waals surface area contributed by atoms with Gasteiger partial charge in [0.15, 0.2) is 5.78 Å². The normalized spacial score (nSPS) is 9.83. The van der Waals surface area contributed by atoms with Gasteiger partial charge >= 0.3 is 0 Å². The number of anilines is 1. The molecule has 0 spiro atoms. The van der Waals surface area contributed by atoms with Gasteiger partial charge in [0.2, 0.25) is 0 Å². The molecule has 0 aromatic heterocycles. The number of benzene rings is 2. The molecular weight excluding hydrogens is 226 g/mol. The lowest BCUT2D eigenvalue weighted by molar-refractivity contribution is 0.100. The minimum atomic E-state index is 0.0105. The average molecular weight is 241 g/mol. The molecule has 2 aromatic rings. The molecule has 0 unspecified atom stereocenters. The largest absolute Gasteiger partial charge is 0.496 e. The predicted molar refractivity (Wildman–Crippen MR) is 72.3 cm³/mol. The lowest BCUT2D eigenvalue weighted by Crippen LogP contribution is -2.14. The van der Waals surface area contributed by atoms with E-state index >= 15 is 0 Å². The topological polar surface area (TPSA) is 38.3 Å². The van der Waals surface area contributed by atoms with E-state index in [4.69, 9.17) is 4.74 Å². The minimum absolute atomic E-state index is 0.0105. The maximum atomic E-state index is 12.1. The van der Waals surface area contributed by atoms with Gasteiger partial charge in [0.05, 0.1) is 19.2 Å². The van der Waals surface area contributed by atoms with Crippen LogP contribution in [0.3, 0.4) is 0 Å². The van der Waals surface area contributed by atoms with Gasteiger partial charge in [0.1, 0.15) is 5.75 Å². The van der Waals surface area contributed by atoms with Crippen LogP contribution in [0.4, 0.5) is 5.69 Å². The Morgan fingerprint density at radius 2 is 1.72 bits per heavy atom. The number of ketones is 1. The summed E-state index contributed by atoms with van der Waals surface area (Å²) < 4.78 is 5.17. The molecule has 92 valence electrons. The van der Waals surface area contributed by atoms with Crippen LogP contribution in [0.25, 0.3) is 0 Å². The van der Waals surface area contributed by atoms with E-state index in [2.05, 4.69) is 5.32 Å². The van der Waals surface area contributed by atoms with E-state index in [9.17, 15) is 4.79 Å². The van der Waals surface area contributed by atoms with Gasteiger partial charge in [-0.2, -0.15) is 0 Å². The molecule has 0 aliphatic heterocycles. The molecule has 1 N–H and O–H groups in total. The molecule has 0 aliphatic carbocycles. The summed E-state index contributed by atoms with van der Waals surface area (Å²) in [7, 11) is 1.57. The van der Waals surface area contributed by atoms with E-state index < -0.39 is 0 Å². The molecule has 2 aromatic carbocycles. The standard InChI is InChI=1S/C15H15NO2/c1-18-15-10-6-5-9-13(15)14(17)11-16-12-7-3-2-4-8-12/h2-10,16H,11H2,1H3. The molecule has 0 saturated carbocycles. The van der Waals surface area contributed by atoms with E-state index in [1.807, 2.05) is 42.5 Å². The zero-order valence-corrected chi connectivity index (χ0v) is 10.2. The van der Waals surface area contributed by atoms with Gasteiger partial charge in [-0.1, -0.05) is 30.3 Å². The fourth-order valence-electron chi connectivity index (χ4n) is 1.71. The van der Waals surface area contributed by atoms with Crippen LogP contribution in [0, 0.1) is 0 Å². The zero-order valence-electron chi connectivity index (χ0n) is 10.2. The van der Waals surface area contributed by atoms with Crippen molar-refractivity contribution in [2.45, 2.75) is 0 Å². The van der Waals surface area contributed by atoms with Crippen LogP contribution in [0.15, 0.2) is 54.6 Å². The summed E-state index contributed by atoms with van der Waals surface area (Å²) in [6.07, 6.45) is 0. The Morgan fingerprint density at radius 1 is 1.06 bits per heavy atom. The molecule has 0 bridgehead atoms. The van der Waals surface area contributed by atoms with Crippen LogP contribution in [0.2, 0.25) is 0 Å². The number of hydrogen-bond acceptors (Lipinski definition) is 3. The Hall–Kier alpha value is -2.29. The molecular formula is C15H15NO2. The van der Waals surface area contributed by atoms with Crippen molar-refractivity contribution >= 4 is 11.5 Å². The average Bonchev–Trinajstić information content (AvgIpc) is 2.45. The molecule has 0 radical (unpaired) electrons. The smallest absolute Gasteiger partial charge is 0.185 e. The SMILES string of the molecule is COc1ccccc1C(=O)CNc1ccccc1. The lowest BCUT2D eigenvalue weighted by Gasteiger charge is -2.08. The van der Waals surface area contributed by atoms with Crippen molar-refractivity contribution in [2.75, 3.05) is 19.0 Å². The maximum Gasteiger partial charge on any atom is 0.185 e. The zero-order chi connectivity index (χ0) is 12.8. The number of methoxy groups -OCH3 is 1. The first-order valence-electron chi connectivity index (χ1n) is 5.76. The van der Waals surface area contributed by atoms with Gasteiger partial charge in [-0.25, -0.2) is 0 Å². The third-order valence-electron chi connectivity index (χ3n) is 2.63. The summed E-state index contributed by atoms with van der Waals surface area (Å²) in [6, 6.07) is 16.9. The molecule has 0 amide bonds. The number of Topliss-reactive ketones (excluding diaryl/α,β-unsaturated/α-hetero) is 1. The summed E-state index contributed by atoms with van der Waals surface area (Å²) in [5.41, 5.74) is 1.53. The highest BCUT2D eigenvalue weighted by Gasteiger charge is 2.10. The summed E-state index contributed by atoms with van der Waals surface area (Å²) >= 11 is 0. The van der Waals surface area contributed by atoms with Crippen LogP contribution < -0.4 is 10.1 Å². The summed E-state index contributed by atoms with van der Waals surface area (Å²) in [5, 5.41) is 3.09. The Balaban J connectivity index is 2.04. The Morgan fingerprint density at radius 3 is 2.44 bits per heavy atom. The van der Waals surface area contributed by atoms with Gasteiger partial charge in [-0.05, 0) is 24.3 Å². The number of ether oxygens (including phenoxy) is 1. The minimum Gasteiger partial charge on any atom is -0.496 e. The Bertz CT molecular complexity index is 523. The van der Waals surface area contributed by atoms with Crippen molar-refractivity contribution in [3.8, 4) is 5.75 Å². The van der Waals surface area contributed by atoms with Crippen molar-refractivity contribution in [3.63, 3.8) is 0 Å². The maximum absolute atomic E-state index is 12.1. The Kier molecular flexibility index (Phi) is 3.97. The molecule has 3 heteroatoms. The summed E-state index contributed by atoms with van der Waals surface area (Å²) in [4.78, 5) is 12.1. The fraction of sp³-hybridized carbons (Fsp3) is 0.133. The van der Waals surface area contributed by atoms with Crippen molar-refractivity contribution < 1.29 is 9.53 Å². The molecule has 0 heterocycles. The van der Waals surface area contributed by atoms with Gasteiger partial charge in [-0.3, -0.25) is 4.79 Å². The highest BCUT2D eigenvalue weighted by Crippen LogP contribution is 2.18. The first-order valence-corrected chi connectivity index (χ1v) is 5.76. The van der Waals surface area contributed by atoms with Gasteiger partial charge in [-0.15, -0.1) is 0 Å². The number of rotatable bonds is 5. The lowest BCUT2D eigenvalue weighted by atomic mass is 10.1. The second-order valence-corrected chi connectivity index (χ2v) is 3.84. The number of carbonyl (C=O) groups excluding carboxylic acids is 1. The quantitative estimate of drug-likeness (QED) is 0.818. The molecule has 0 atom stereocenters. The van der Waals surface area contributed by atoms with Crippen LogP contribution >= 0.6 is 0 Å². The highest BCUT2D eigenvalue weighted by atomic mass is 16.5. The number of nitrogens with one attached hydrogen (secondary N) is 1. The third-order valence-corrected chi connectivity index (χ3v) is 2.63. The van der Waals surface area contributed by atoms with Crippen molar-refractivity contribution in [1.29, 1.82) is 0 Å². The van der Waals surface area contributed by atoms with Crippen LogP contribution in [-0.4, -0.2) is 19.4 Å². The summed E-state index contributed by atoms with van der Waals surface area (Å²) in [6.45, 7) is 0.254. The molecule has 0 aliphatic rings. The van der Waals surface area contributed by atoms with E-state index in [-0.39, 0.29) is 12.3 Å². The fourth-order valence-corrected chi connectivity index (χ4v) is 1.71. The van der Waals surface area contributed by atoms with Crippen LogP contribution in [-0.2, 0) is 0 Å². The van der Waals surface area contributed by atoms with E-state index in [0.717, 1.165) is 5.69 Å². The Labute approximate surface area is 106 Å². The van der Waals surface area contributed by atoms with Gasteiger partial charge in [0.25, 0.3) is 0 Å². The third kappa shape index (κ3) is 2.88. The van der Waals surface area contributed by atoms with Gasteiger partial charge < -0.3 is 10.1 Å². The molecule has 2 rings (SSSR count). The van der Waals surface area contributed by atoms with Crippen LogP contribution in [0.5, 0.6) is 5.75 Å². The monoisotopic (exact) mass is 241 g/mol. The predicted octanol–water partition coefficient (Wildman–Crippen LogP) is 2.99. The van der Waals surface area contributed by atoms with Crippen molar-refractivity contribution in [2.24, 2.45) is 0 Å². The van der Waals surface area contributed by atoms with E-state index in [1.165, 1.54) is 0 Å². The molecule has 0 fully saturated rings. The van der Waals surface area contributed by atoms with E-state index in [1.54, 1.807) is 19.2 Å². The first kappa shape index (κ1) is 12.2. The highest BCUT2D eigenvalue weighted by molar-refractivity contribution is 6.01. The molecule has 18 heavy (non-hydrogen) atoms. The second-order valence-electron chi connectivity index (χ2n) is 3.84. The second kappa shape index (κ2) is 5.87. The number of hydrogen-bond donors (Lipinski definition) is 1. The molecule has 0 saturated heterocycles. The summed E-state index contributed by atoms with van der Waals surface area (Å²) in [5.74, 6) is 0.619. The number of carbonyl (C=O) groups is 1. The van der Waals surface area contributed by atoms with Gasteiger partial charge in [0, 0.05) is 5.69 Å². The first-order chi connectivity index (χ1) is 8.81. The van der Waals surface area contributed by atoms with E-state index in [0.29, 0.717) is 11.3 Å². The van der Waals surface area contributed by atoms with Crippen LogP contribution in [0.1, 0.15) is 10.4 Å². The van der Waals surface area contributed by atoms with Crippen molar-refractivity contribution in [1.82, 2.24) is 0 Å². The van der Waals surface area contributed by atoms with Crippen molar-refractivity contribution in [3.05, 3.63) is 60.2 Å². The number of para-hydroxylation sites is 2. The molecule has 3 nitrogen and oxygen atoms in total.